The number of hydrogen-bond donors (Lipinski definition) is 0. The molecule has 0 amide bonds. The second-order valence-electron chi connectivity index (χ2n) is 5.14. The first-order valence-electron chi connectivity index (χ1n) is 6.89. The lowest BCUT2D eigenvalue weighted by atomic mass is 10.1. The summed E-state index contributed by atoms with van der Waals surface area (Å²) in [6, 6.07) is 13.9. The van der Waals surface area contributed by atoms with Crippen LogP contribution in [0.2, 0.25) is 0 Å². The largest absolute Gasteiger partial charge is 0.496 e. The van der Waals surface area contributed by atoms with Crippen LogP contribution in [-0.4, -0.2) is 18.0 Å². The fourth-order valence-electron chi connectivity index (χ4n) is 2.69. The van der Waals surface area contributed by atoms with E-state index in [0.717, 1.165) is 17.6 Å². The molecule has 0 radical (unpaired) electrons. The summed E-state index contributed by atoms with van der Waals surface area (Å²) in [5, 5.41) is 1.25. The lowest BCUT2D eigenvalue weighted by Crippen LogP contribution is -2.01. The average molecular weight is 279 g/mol. The highest BCUT2D eigenvalue weighted by atomic mass is 16.5. The van der Waals surface area contributed by atoms with Crippen molar-refractivity contribution >= 4 is 17.2 Å². The van der Waals surface area contributed by atoms with E-state index in [1.807, 2.05) is 12.1 Å². The fraction of sp³-hybridized carbons (Fsp3) is 0.167. The zero-order valence-corrected chi connectivity index (χ0v) is 12.2. The van der Waals surface area contributed by atoms with Gasteiger partial charge in [0, 0.05) is 28.2 Å². The third-order valence-corrected chi connectivity index (χ3v) is 3.81. The number of methoxy groups -OCH3 is 1. The van der Waals surface area contributed by atoms with Crippen LogP contribution in [0.15, 0.2) is 48.7 Å². The number of aromatic nitrogens is 1. The molecule has 0 bridgehead atoms. The van der Waals surface area contributed by atoms with Crippen LogP contribution in [-0.2, 0) is 6.54 Å². The van der Waals surface area contributed by atoms with E-state index in [1.54, 1.807) is 13.2 Å². The first-order chi connectivity index (χ1) is 10.2. The third-order valence-electron chi connectivity index (χ3n) is 3.81. The Labute approximate surface area is 123 Å². The maximum absolute atomic E-state index is 11.0. The molecule has 2 aromatic carbocycles. The van der Waals surface area contributed by atoms with Crippen LogP contribution >= 0.6 is 0 Å². The molecule has 0 aliphatic heterocycles. The number of nitrogens with zero attached hydrogens (tertiary/aromatic N) is 1. The van der Waals surface area contributed by atoms with E-state index in [4.69, 9.17) is 4.74 Å². The summed E-state index contributed by atoms with van der Waals surface area (Å²) in [4.78, 5) is 11.0. The molecule has 3 aromatic rings. The zero-order chi connectivity index (χ0) is 14.8. The lowest BCUT2D eigenvalue weighted by Gasteiger charge is -2.11. The molecule has 0 saturated heterocycles. The quantitative estimate of drug-likeness (QED) is 0.680. The van der Waals surface area contributed by atoms with Gasteiger partial charge >= 0.3 is 0 Å². The van der Waals surface area contributed by atoms with E-state index in [0.29, 0.717) is 12.1 Å². The van der Waals surface area contributed by atoms with Gasteiger partial charge in [-0.1, -0.05) is 12.1 Å². The minimum atomic E-state index is 0.665. The molecule has 3 rings (SSSR count). The Morgan fingerprint density at radius 1 is 1.19 bits per heavy atom. The summed E-state index contributed by atoms with van der Waals surface area (Å²) in [5.74, 6) is 0.801. The summed E-state index contributed by atoms with van der Waals surface area (Å²) in [7, 11) is 1.65. The van der Waals surface area contributed by atoms with Gasteiger partial charge < -0.3 is 9.30 Å². The Kier molecular flexibility index (Phi) is 3.48. The molecule has 0 aliphatic carbocycles. The molecule has 0 saturated carbocycles. The number of fused-ring (bicyclic) bond motifs is 1. The van der Waals surface area contributed by atoms with Crippen molar-refractivity contribution in [3.05, 3.63) is 65.4 Å². The summed E-state index contributed by atoms with van der Waals surface area (Å²) >= 11 is 0. The molecule has 0 atom stereocenters. The highest BCUT2D eigenvalue weighted by Gasteiger charge is 2.08. The van der Waals surface area contributed by atoms with Gasteiger partial charge in [0.1, 0.15) is 12.0 Å². The van der Waals surface area contributed by atoms with Crippen molar-refractivity contribution in [1.82, 2.24) is 4.57 Å². The summed E-state index contributed by atoms with van der Waals surface area (Å²) in [5.41, 5.74) is 4.12. The monoisotopic (exact) mass is 279 g/mol. The summed E-state index contributed by atoms with van der Waals surface area (Å²) in [6.45, 7) is 2.79. The number of carbonyl (C=O) groups excluding carboxylic acids is 1. The Morgan fingerprint density at radius 2 is 2.05 bits per heavy atom. The molecule has 21 heavy (non-hydrogen) atoms. The summed E-state index contributed by atoms with van der Waals surface area (Å²) in [6.07, 6.45) is 2.94. The van der Waals surface area contributed by atoms with E-state index in [2.05, 4.69) is 42.0 Å². The van der Waals surface area contributed by atoms with Gasteiger partial charge in [-0.25, -0.2) is 0 Å². The molecule has 0 fully saturated rings. The van der Waals surface area contributed by atoms with Gasteiger partial charge in [0.25, 0.3) is 0 Å². The van der Waals surface area contributed by atoms with Crippen LogP contribution in [0.3, 0.4) is 0 Å². The molecule has 3 heteroatoms. The predicted octanol–water partition coefficient (Wildman–Crippen LogP) is 3.82. The minimum absolute atomic E-state index is 0.665. The number of aldehydes is 1. The van der Waals surface area contributed by atoms with Crippen molar-refractivity contribution in [3.63, 3.8) is 0 Å². The van der Waals surface area contributed by atoms with Crippen LogP contribution in [0.4, 0.5) is 0 Å². The molecule has 1 aromatic heterocycles. The molecular formula is C18H17NO2. The predicted molar refractivity (Wildman–Crippen MR) is 84.2 cm³/mol. The van der Waals surface area contributed by atoms with Gasteiger partial charge in [-0.3, -0.25) is 4.79 Å². The number of aryl methyl sites for hydroxylation is 1. The third kappa shape index (κ3) is 2.42. The van der Waals surface area contributed by atoms with E-state index < -0.39 is 0 Å². The van der Waals surface area contributed by atoms with Crippen molar-refractivity contribution < 1.29 is 9.53 Å². The zero-order valence-electron chi connectivity index (χ0n) is 12.2. The van der Waals surface area contributed by atoms with Crippen LogP contribution in [0.5, 0.6) is 5.75 Å². The SMILES string of the molecule is COc1ccc(C=O)cc1Cn1ccc2c(C)cccc21. The van der Waals surface area contributed by atoms with E-state index in [9.17, 15) is 4.79 Å². The van der Waals surface area contributed by atoms with Crippen molar-refractivity contribution in [3.8, 4) is 5.75 Å². The fourth-order valence-corrected chi connectivity index (χ4v) is 2.69. The van der Waals surface area contributed by atoms with Crippen LogP contribution in [0.25, 0.3) is 10.9 Å². The molecule has 0 unspecified atom stereocenters. The van der Waals surface area contributed by atoms with Gasteiger partial charge in [-0.2, -0.15) is 0 Å². The Bertz CT molecular complexity index is 802. The standard InChI is InChI=1S/C18H17NO2/c1-13-4-3-5-17-16(13)8-9-19(17)11-15-10-14(12-20)6-7-18(15)21-2/h3-10,12H,11H2,1-2H3. The van der Waals surface area contributed by atoms with Gasteiger partial charge in [0.05, 0.1) is 13.7 Å². The highest BCUT2D eigenvalue weighted by Crippen LogP contribution is 2.24. The molecule has 0 N–H and O–H groups in total. The maximum Gasteiger partial charge on any atom is 0.150 e. The second-order valence-corrected chi connectivity index (χ2v) is 5.14. The number of ether oxygens (including phenoxy) is 1. The maximum atomic E-state index is 11.0. The minimum Gasteiger partial charge on any atom is -0.496 e. The lowest BCUT2D eigenvalue weighted by molar-refractivity contribution is 0.112. The van der Waals surface area contributed by atoms with E-state index in [-0.39, 0.29) is 0 Å². The van der Waals surface area contributed by atoms with Crippen molar-refractivity contribution in [2.75, 3.05) is 7.11 Å². The number of hydrogen-bond acceptors (Lipinski definition) is 2. The Balaban J connectivity index is 2.06. The van der Waals surface area contributed by atoms with Gasteiger partial charge in [0.2, 0.25) is 0 Å². The number of rotatable bonds is 4. The first kappa shape index (κ1) is 13.4. The van der Waals surface area contributed by atoms with E-state index in [1.165, 1.54) is 16.5 Å². The summed E-state index contributed by atoms with van der Waals surface area (Å²) < 4.78 is 7.58. The molecule has 3 nitrogen and oxygen atoms in total. The van der Waals surface area contributed by atoms with Gasteiger partial charge in [-0.15, -0.1) is 0 Å². The normalized spacial score (nSPS) is 10.8. The highest BCUT2D eigenvalue weighted by molar-refractivity contribution is 5.83. The molecule has 0 aliphatic rings. The molecule has 1 heterocycles. The topological polar surface area (TPSA) is 31.2 Å². The average Bonchev–Trinajstić information content (AvgIpc) is 2.92. The van der Waals surface area contributed by atoms with Crippen molar-refractivity contribution in [2.45, 2.75) is 13.5 Å². The van der Waals surface area contributed by atoms with Crippen LogP contribution < -0.4 is 4.74 Å². The second kappa shape index (κ2) is 5.44. The smallest absolute Gasteiger partial charge is 0.150 e. The molecule has 0 spiro atoms. The van der Waals surface area contributed by atoms with Crippen molar-refractivity contribution in [1.29, 1.82) is 0 Å². The molecule has 106 valence electrons. The van der Waals surface area contributed by atoms with E-state index >= 15 is 0 Å². The van der Waals surface area contributed by atoms with Gasteiger partial charge in [-0.05, 0) is 42.8 Å². The van der Waals surface area contributed by atoms with Crippen LogP contribution in [0, 0.1) is 6.92 Å². The number of benzene rings is 2. The van der Waals surface area contributed by atoms with Gasteiger partial charge in [0.15, 0.2) is 0 Å². The van der Waals surface area contributed by atoms with Crippen LogP contribution in [0.1, 0.15) is 21.5 Å². The number of carbonyl (C=O) groups is 1. The van der Waals surface area contributed by atoms with Crippen molar-refractivity contribution in [2.24, 2.45) is 0 Å². The first-order valence-corrected chi connectivity index (χ1v) is 6.89. The Hall–Kier alpha value is -2.55. The Morgan fingerprint density at radius 3 is 2.81 bits per heavy atom. The molecular weight excluding hydrogens is 262 g/mol.